The molecule has 0 saturated carbocycles. The Labute approximate surface area is 115 Å². The van der Waals surface area contributed by atoms with Crippen molar-refractivity contribution in [3.63, 3.8) is 0 Å². The van der Waals surface area contributed by atoms with Gasteiger partial charge < -0.3 is 10.4 Å². The highest BCUT2D eigenvalue weighted by atomic mass is 35.5. The summed E-state index contributed by atoms with van der Waals surface area (Å²) in [5, 5.41) is 20.3. The maximum absolute atomic E-state index is 11.7. The van der Waals surface area contributed by atoms with E-state index in [1.54, 1.807) is 31.2 Å². The van der Waals surface area contributed by atoms with E-state index in [1.165, 1.54) is 11.0 Å². The second kappa shape index (κ2) is 5.81. The van der Waals surface area contributed by atoms with Crippen LogP contribution in [-0.4, -0.2) is 38.7 Å². The monoisotopic (exact) mass is 280 g/mol. The van der Waals surface area contributed by atoms with Crippen molar-refractivity contribution < 1.29 is 9.90 Å². The molecule has 0 fully saturated rings. The van der Waals surface area contributed by atoms with Gasteiger partial charge in [0.2, 0.25) is 0 Å². The highest BCUT2D eigenvalue weighted by molar-refractivity contribution is 6.30. The number of halogens is 1. The minimum absolute atomic E-state index is 0.170. The number of nitrogens with zero attached hydrogens (tertiary/aromatic N) is 3. The van der Waals surface area contributed by atoms with Gasteiger partial charge in [-0.05, 0) is 25.1 Å². The third-order valence-electron chi connectivity index (χ3n) is 2.32. The zero-order valence-corrected chi connectivity index (χ0v) is 11.0. The molecule has 2 aromatic rings. The Morgan fingerprint density at radius 1 is 1.58 bits per heavy atom. The molecule has 2 rings (SSSR count). The first-order valence-corrected chi connectivity index (χ1v) is 6.08. The maximum Gasteiger partial charge on any atom is 0.273 e. The fraction of sp³-hybridized carbons (Fsp3) is 0.250. The summed E-state index contributed by atoms with van der Waals surface area (Å²) in [6, 6.07) is 6.99. The molecule has 0 aliphatic heterocycles. The van der Waals surface area contributed by atoms with Crippen molar-refractivity contribution in [1.82, 2.24) is 20.3 Å². The molecule has 2 N–H and O–H groups in total. The van der Waals surface area contributed by atoms with Gasteiger partial charge >= 0.3 is 0 Å². The molecular weight excluding hydrogens is 268 g/mol. The first-order valence-electron chi connectivity index (χ1n) is 5.71. The summed E-state index contributed by atoms with van der Waals surface area (Å²) in [6.45, 7) is 1.76. The second-order valence-corrected chi connectivity index (χ2v) is 4.49. The molecule has 0 bridgehead atoms. The van der Waals surface area contributed by atoms with Gasteiger partial charge in [-0.1, -0.05) is 17.7 Å². The van der Waals surface area contributed by atoms with Gasteiger partial charge in [-0.2, -0.15) is 9.90 Å². The number of amides is 1. The van der Waals surface area contributed by atoms with E-state index < -0.39 is 6.10 Å². The van der Waals surface area contributed by atoms with Crippen LogP contribution in [0.5, 0.6) is 0 Å². The molecule has 0 aliphatic carbocycles. The Kier molecular flexibility index (Phi) is 4.13. The highest BCUT2D eigenvalue weighted by Crippen LogP contribution is 2.13. The number of hydrogen-bond acceptors (Lipinski definition) is 4. The first-order chi connectivity index (χ1) is 9.06. The lowest BCUT2D eigenvalue weighted by Gasteiger charge is -2.04. The molecule has 1 amide bonds. The molecule has 19 heavy (non-hydrogen) atoms. The van der Waals surface area contributed by atoms with Gasteiger partial charge in [-0.15, -0.1) is 5.10 Å². The number of nitrogens with one attached hydrogen (secondary N) is 1. The van der Waals surface area contributed by atoms with E-state index in [1.807, 2.05) is 0 Å². The number of carbonyl (C=O) groups is 1. The minimum Gasteiger partial charge on any atom is -0.392 e. The summed E-state index contributed by atoms with van der Waals surface area (Å²) in [5.41, 5.74) is 0.850. The van der Waals surface area contributed by atoms with Gasteiger partial charge in [0.1, 0.15) is 0 Å². The number of aliphatic hydroxyl groups is 1. The maximum atomic E-state index is 11.7. The largest absolute Gasteiger partial charge is 0.392 e. The van der Waals surface area contributed by atoms with Crippen molar-refractivity contribution in [1.29, 1.82) is 0 Å². The van der Waals surface area contributed by atoms with Gasteiger partial charge in [0, 0.05) is 11.6 Å². The third-order valence-corrected chi connectivity index (χ3v) is 2.56. The standard InChI is InChI=1S/C12H13ClN4O2/c1-8(18)6-14-12(19)11-7-15-17(16-11)10-4-2-3-9(13)5-10/h2-5,7-8,18H,6H2,1H3,(H,14,19). The minimum atomic E-state index is -0.605. The predicted octanol–water partition coefficient (Wildman–Crippen LogP) is 1.03. The summed E-state index contributed by atoms with van der Waals surface area (Å²) in [5.74, 6) is -0.380. The van der Waals surface area contributed by atoms with E-state index >= 15 is 0 Å². The number of aliphatic hydroxyl groups excluding tert-OH is 1. The third kappa shape index (κ3) is 3.52. The van der Waals surface area contributed by atoms with Gasteiger partial charge in [0.05, 0.1) is 18.0 Å². The molecule has 1 aromatic carbocycles. The molecule has 6 nitrogen and oxygen atoms in total. The van der Waals surface area contributed by atoms with Crippen molar-refractivity contribution in [2.75, 3.05) is 6.54 Å². The lowest BCUT2D eigenvalue weighted by molar-refractivity contribution is 0.0918. The zero-order chi connectivity index (χ0) is 13.8. The molecule has 0 radical (unpaired) electrons. The number of carbonyl (C=O) groups excluding carboxylic acids is 1. The van der Waals surface area contributed by atoms with E-state index in [0.29, 0.717) is 10.7 Å². The Balaban J connectivity index is 2.13. The summed E-state index contributed by atoms with van der Waals surface area (Å²) >= 11 is 5.87. The van der Waals surface area contributed by atoms with Crippen LogP contribution in [0.15, 0.2) is 30.5 Å². The average molecular weight is 281 g/mol. The lowest BCUT2D eigenvalue weighted by atomic mass is 10.3. The van der Waals surface area contributed by atoms with Crippen molar-refractivity contribution in [2.45, 2.75) is 13.0 Å². The molecule has 100 valence electrons. The molecule has 1 heterocycles. The van der Waals surface area contributed by atoms with E-state index in [0.717, 1.165) is 0 Å². The van der Waals surface area contributed by atoms with Crippen LogP contribution in [-0.2, 0) is 0 Å². The van der Waals surface area contributed by atoms with E-state index in [-0.39, 0.29) is 18.1 Å². The molecule has 1 atom stereocenters. The first kappa shape index (κ1) is 13.5. The van der Waals surface area contributed by atoms with Crippen LogP contribution >= 0.6 is 11.6 Å². The molecular formula is C12H13ClN4O2. The summed E-state index contributed by atoms with van der Waals surface area (Å²) < 4.78 is 0. The van der Waals surface area contributed by atoms with Crippen molar-refractivity contribution >= 4 is 17.5 Å². The molecule has 0 aliphatic rings. The van der Waals surface area contributed by atoms with Crippen LogP contribution in [0.2, 0.25) is 5.02 Å². The smallest absolute Gasteiger partial charge is 0.273 e. The molecule has 0 spiro atoms. The molecule has 1 unspecified atom stereocenters. The van der Waals surface area contributed by atoms with Crippen LogP contribution in [0.3, 0.4) is 0 Å². The normalized spacial score (nSPS) is 12.2. The number of rotatable bonds is 4. The SMILES string of the molecule is CC(O)CNC(=O)c1cnn(-c2cccc(Cl)c2)n1. The van der Waals surface area contributed by atoms with E-state index in [9.17, 15) is 4.79 Å². The van der Waals surface area contributed by atoms with Gasteiger partial charge in [-0.3, -0.25) is 4.79 Å². The quantitative estimate of drug-likeness (QED) is 0.877. The van der Waals surface area contributed by atoms with Crippen LogP contribution in [0.4, 0.5) is 0 Å². The number of hydrogen-bond donors (Lipinski definition) is 2. The predicted molar refractivity (Wildman–Crippen MR) is 70.4 cm³/mol. The average Bonchev–Trinajstić information content (AvgIpc) is 2.85. The lowest BCUT2D eigenvalue weighted by Crippen LogP contribution is -2.30. The van der Waals surface area contributed by atoms with Crippen LogP contribution in [0, 0.1) is 0 Å². The summed E-state index contributed by atoms with van der Waals surface area (Å²) in [7, 11) is 0. The highest BCUT2D eigenvalue weighted by Gasteiger charge is 2.11. The van der Waals surface area contributed by atoms with E-state index in [4.69, 9.17) is 16.7 Å². The second-order valence-electron chi connectivity index (χ2n) is 4.06. The Morgan fingerprint density at radius 3 is 3.05 bits per heavy atom. The van der Waals surface area contributed by atoms with Gasteiger partial charge in [0.25, 0.3) is 5.91 Å². The van der Waals surface area contributed by atoms with Crippen LogP contribution in [0.1, 0.15) is 17.4 Å². The van der Waals surface area contributed by atoms with Crippen molar-refractivity contribution in [2.24, 2.45) is 0 Å². The van der Waals surface area contributed by atoms with E-state index in [2.05, 4.69) is 15.5 Å². The van der Waals surface area contributed by atoms with Crippen LogP contribution < -0.4 is 5.32 Å². The van der Waals surface area contributed by atoms with Gasteiger partial charge in [0.15, 0.2) is 5.69 Å². The fourth-order valence-electron chi connectivity index (χ4n) is 1.42. The summed E-state index contributed by atoms with van der Waals surface area (Å²) in [6.07, 6.45) is 0.755. The Bertz CT molecular complexity index is 583. The molecule has 1 aromatic heterocycles. The van der Waals surface area contributed by atoms with Crippen molar-refractivity contribution in [3.8, 4) is 5.69 Å². The number of aromatic nitrogens is 3. The van der Waals surface area contributed by atoms with Gasteiger partial charge in [-0.25, -0.2) is 0 Å². The van der Waals surface area contributed by atoms with Crippen molar-refractivity contribution in [3.05, 3.63) is 41.2 Å². The fourth-order valence-corrected chi connectivity index (χ4v) is 1.61. The Morgan fingerprint density at radius 2 is 2.37 bits per heavy atom. The number of benzene rings is 1. The summed E-state index contributed by atoms with van der Waals surface area (Å²) in [4.78, 5) is 13.0. The zero-order valence-electron chi connectivity index (χ0n) is 10.2. The topological polar surface area (TPSA) is 80.0 Å². The Hall–Kier alpha value is -1.92. The van der Waals surface area contributed by atoms with Crippen LogP contribution in [0.25, 0.3) is 5.69 Å². The molecule has 7 heteroatoms. The molecule has 0 saturated heterocycles.